The summed E-state index contributed by atoms with van der Waals surface area (Å²) in [5.41, 5.74) is 0. The number of carbonyl (C=O) groups excluding carboxylic acids is 1. The topological polar surface area (TPSA) is 43.2 Å². The molecule has 0 fully saturated rings. The monoisotopic (exact) mass is 213 g/mol. The Labute approximate surface area is 94.0 Å². The van der Waals surface area contributed by atoms with E-state index in [2.05, 4.69) is 31.4 Å². The third kappa shape index (κ3) is 11.2. The van der Waals surface area contributed by atoms with Gasteiger partial charge in [0.15, 0.2) is 0 Å². The third-order valence-corrected chi connectivity index (χ3v) is 2.26. The van der Waals surface area contributed by atoms with E-state index in [0.29, 0.717) is 12.5 Å². The van der Waals surface area contributed by atoms with Gasteiger partial charge in [-0.2, -0.15) is 0 Å². The van der Waals surface area contributed by atoms with E-state index in [1.807, 2.05) is 0 Å². The molecule has 0 heterocycles. The van der Waals surface area contributed by atoms with E-state index < -0.39 is 0 Å². The molecule has 2 amide bonds. The summed E-state index contributed by atoms with van der Waals surface area (Å²) in [6.45, 7) is 7.89. The Morgan fingerprint density at radius 1 is 1.27 bits per heavy atom. The predicted molar refractivity (Wildman–Crippen MR) is 64.0 cm³/mol. The van der Waals surface area contributed by atoms with E-state index in [1.165, 1.54) is 19.3 Å². The van der Waals surface area contributed by atoms with Crippen LogP contribution in [0.3, 0.4) is 0 Å². The lowest BCUT2D eigenvalue weighted by Crippen LogP contribution is -2.32. The van der Waals surface area contributed by atoms with Crippen LogP contribution < -0.4 is 10.6 Å². The van der Waals surface area contributed by atoms with Crippen LogP contribution in [0.25, 0.3) is 0 Å². The highest BCUT2D eigenvalue weighted by atomic mass is 16.2. The van der Waals surface area contributed by atoms with E-state index in [-0.39, 0.29) is 6.03 Å². The van der Waals surface area contributed by atoms with Gasteiger partial charge in [0.25, 0.3) is 0 Å². The number of carbonyl (C=O) groups is 1. The van der Waals surface area contributed by atoms with Gasteiger partial charge in [0.05, 0.1) is 0 Å². The van der Waals surface area contributed by atoms with E-state index in [4.69, 9.17) is 0 Å². The van der Waals surface area contributed by atoms with Crippen molar-refractivity contribution in [1.29, 1.82) is 0 Å². The molecule has 0 aliphatic carbocycles. The van der Waals surface area contributed by atoms with Crippen molar-refractivity contribution in [3.8, 4) is 0 Å². The second-order valence-corrected chi connectivity index (χ2v) is 4.36. The van der Waals surface area contributed by atoms with Gasteiger partial charge >= 0.3 is 6.03 Å². The summed E-state index contributed by atoms with van der Waals surface area (Å²) < 4.78 is 0. The minimum Gasteiger partial charge on any atom is -0.337 e. The maximum atomic E-state index is 11.2. The van der Waals surface area contributed by atoms with Crippen molar-refractivity contribution in [2.75, 3.05) is 13.1 Å². The fraction of sp³-hybridized carbons (Fsp3) is 0.917. The molecule has 0 unspecified atom stereocenters. The van der Waals surface area contributed by atoms with Crippen molar-refractivity contribution in [1.82, 2.24) is 10.6 Å². The summed E-state index contributed by atoms with van der Waals surface area (Å²) in [5.74, 6) is 0.634. The first-order chi connectivity index (χ1) is 7.16. The van der Waals surface area contributed by atoms with E-state index in [1.54, 1.807) is 0 Å². The maximum absolute atomic E-state index is 11.2. The zero-order chi connectivity index (χ0) is 11.5. The standard InChI is InChI=1S/C12H25N2O/c1-4-5-6-7-9-13-12(15)14-10-8-11(2)3/h11H,4-10H2,1-3H3,(H,14,15). The van der Waals surface area contributed by atoms with E-state index in [9.17, 15) is 4.79 Å². The van der Waals surface area contributed by atoms with E-state index >= 15 is 0 Å². The number of amides is 2. The first-order valence-corrected chi connectivity index (χ1v) is 6.12. The molecule has 0 aromatic heterocycles. The molecule has 3 heteroatoms. The average Bonchev–Trinajstić information content (AvgIpc) is 2.17. The highest BCUT2D eigenvalue weighted by Crippen LogP contribution is 1.98. The molecule has 1 N–H and O–H groups in total. The normalized spacial score (nSPS) is 10.4. The van der Waals surface area contributed by atoms with Gasteiger partial charge in [-0.25, -0.2) is 10.1 Å². The predicted octanol–water partition coefficient (Wildman–Crippen LogP) is 2.93. The average molecular weight is 213 g/mol. The lowest BCUT2D eigenvalue weighted by molar-refractivity contribution is 0.239. The number of rotatable bonds is 8. The second kappa shape index (κ2) is 9.81. The molecule has 0 aromatic carbocycles. The lowest BCUT2D eigenvalue weighted by atomic mass is 10.1. The van der Waals surface area contributed by atoms with Crippen LogP contribution in [0.15, 0.2) is 0 Å². The van der Waals surface area contributed by atoms with Crippen LogP contribution in [0.1, 0.15) is 52.9 Å². The summed E-state index contributed by atoms with van der Waals surface area (Å²) in [6.07, 6.45) is 5.70. The molecule has 3 nitrogen and oxygen atoms in total. The van der Waals surface area contributed by atoms with Gasteiger partial charge in [-0.15, -0.1) is 0 Å². The second-order valence-electron chi connectivity index (χ2n) is 4.36. The number of hydrogen-bond acceptors (Lipinski definition) is 1. The zero-order valence-corrected chi connectivity index (χ0v) is 10.4. The number of urea groups is 1. The van der Waals surface area contributed by atoms with Crippen LogP contribution in [-0.4, -0.2) is 19.1 Å². The molecule has 0 bridgehead atoms. The quantitative estimate of drug-likeness (QED) is 0.619. The Hall–Kier alpha value is -0.730. The number of nitrogens with zero attached hydrogens (tertiary/aromatic N) is 1. The van der Waals surface area contributed by atoms with Crippen LogP contribution >= 0.6 is 0 Å². The van der Waals surface area contributed by atoms with E-state index in [0.717, 1.165) is 19.4 Å². The van der Waals surface area contributed by atoms with Crippen LogP contribution in [-0.2, 0) is 0 Å². The molecule has 0 aliphatic heterocycles. The van der Waals surface area contributed by atoms with Crippen molar-refractivity contribution >= 4 is 6.03 Å². The number of unbranched alkanes of at least 4 members (excludes halogenated alkanes) is 3. The molecule has 0 aliphatic rings. The van der Waals surface area contributed by atoms with Crippen LogP contribution in [0, 0.1) is 5.92 Å². The number of nitrogens with one attached hydrogen (secondary N) is 1. The van der Waals surface area contributed by atoms with Gasteiger partial charge in [0.1, 0.15) is 0 Å². The molecular weight excluding hydrogens is 188 g/mol. The first kappa shape index (κ1) is 14.3. The molecule has 0 saturated carbocycles. The summed E-state index contributed by atoms with van der Waals surface area (Å²) >= 11 is 0. The minimum absolute atomic E-state index is 0.146. The van der Waals surface area contributed by atoms with Crippen molar-refractivity contribution in [3.05, 3.63) is 0 Å². The molecule has 0 saturated heterocycles. The first-order valence-electron chi connectivity index (χ1n) is 6.12. The van der Waals surface area contributed by atoms with Gasteiger partial charge in [-0.05, 0) is 18.8 Å². The fourth-order valence-corrected chi connectivity index (χ4v) is 1.24. The lowest BCUT2D eigenvalue weighted by Gasteiger charge is -2.06. The Bertz CT molecular complexity index is 158. The van der Waals surface area contributed by atoms with Gasteiger partial charge in [-0.3, -0.25) is 0 Å². The van der Waals surface area contributed by atoms with Crippen LogP contribution in [0.5, 0.6) is 0 Å². The molecule has 1 radical (unpaired) electrons. The molecule has 0 rings (SSSR count). The van der Waals surface area contributed by atoms with Gasteiger partial charge in [0, 0.05) is 13.1 Å². The Kier molecular flexibility index (Phi) is 9.33. The molecule has 0 spiro atoms. The molecule has 0 atom stereocenters. The molecular formula is C12H25N2O. The van der Waals surface area contributed by atoms with Crippen molar-refractivity contribution in [3.63, 3.8) is 0 Å². The van der Waals surface area contributed by atoms with Gasteiger partial charge in [0.2, 0.25) is 0 Å². The Morgan fingerprint density at radius 2 is 2.00 bits per heavy atom. The highest BCUT2D eigenvalue weighted by molar-refractivity contribution is 5.73. The Balaban J connectivity index is 3.19. The molecule has 15 heavy (non-hydrogen) atoms. The van der Waals surface area contributed by atoms with Crippen molar-refractivity contribution in [2.45, 2.75) is 52.9 Å². The van der Waals surface area contributed by atoms with Crippen LogP contribution in [0.4, 0.5) is 4.79 Å². The molecule has 89 valence electrons. The van der Waals surface area contributed by atoms with Crippen molar-refractivity contribution in [2.24, 2.45) is 5.92 Å². The number of hydrogen-bond donors (Lipinski definition) is 1. The van der Waals surface area contributed by atoms with Gasteiger partial charge in [-0.1, -0.05) is 40.0 Å². The fourth-order valence-electron chi connectivity index (χ4n) is 1.24. The molecule has 0 aromatic rings. The Morgan fingerprint density at radius 3 is 2.60 bits per heavy atom. The van der Waals surface area contributed by atoms with Crippen LogP contribution in [0.2, 0.25) is 0 Å². The smallest absolute Gasteiger partial charge is 0.336 e. The summed E-state index contributed by atoms with van der Waals surface area (Å²) in [6, 6.07) is -0.146. The van der Waals surface area contributed by atoms with Crippen molar-refractivity contribution < 1.29 is 4.79 Å². The minimum atomic E-state index is -0.146. The summed E-state index contributed by atoms with van der Waals surface area (Å²) in [4.78, 5) is 11.2. The third-order valence-electron chi connectivity index (χ3n) is 2.26. The summed E-state index contributed by atoms with van der Waals surface area (Å²) in [7, 11) is 0. The highest BCUT2D eigenvalue weighted by Gasteiger charge is 2.01. The summed E-state index contributed by atoms with van der Waals surface area (Å²) in [5, 5.41) is 6.74. The largest absolute Gasteiger partial charge is 0.337 e. The maximum Gasteiger partial charge on any atom is 0.336 e. The zero-order valence-electron chi connectivity index (χ0n) is 10.4. The van der Waals surface area contributed by atoms with Gasteiger partial charge < -0.3 is 5.32 Å². The SMILES string of the molecule is CCCCCC[N]C(=O)NCCC(C)C.